The normalized spacial score (nSPS) is 16.4. The first kappa shape index (κ1) is 26.7. The number of hydrogen-bond acceptors (Lipinski definition) is 7. The summed E-state index contributed by atoms with van der Waals surface area (Å²) in [5.74, 6) is -0.374. The minimum atomic E-state index is -4.66. The topological polar surface area (TPSA) is 114 Å². The van der Waals surface area contributed by atoms with Crippen LogP contribution in [0.1, 0.15) is 35.3 Å². The molecule has 200 valence electrons. The average Bonchev–Trinajstić information content (AvgIpc) is 3.20. The molecule has 1 aromatic heterocycles. The predicted octanol–water partition coefficient (Wildman–Crippen LogP) is 5.02. The van der Waals surface area contributed by atoms with Gasteiger partial charge in [0.2, 0.25) is 11.9 Å². The number of carbonyl (C=O) groups excluding carboxylic acids is 2. The maximum atomic E-state index is 13.9. The molecule has 0 saturated heterocycles. The minimum absolute atomic E-state index is 0.0369. The molecule has 9 nitrogen and oxygen atoms in total. The van der Waals surface area contributed by atoms with Crippen molar-refractivity contribution in [2.45, 2.75) is 32.0 Å². The second-order valence-electron chi connectivity index (χ2n) is 8.75. The van der Waals surface area contributed by atoms with Gasteiger partial charge in [0, 0.05) is 24.9 Å². The molecule has 0 saturated carbocycles. The molecular formula is C26H26F3N5O4. The van der Waals surface area contributed by atoms with Crippen molar-refractivity contribution in [2.24, 2.45) is 5.92 Å². The highest BCUT2D eigenvalue weighted by atomic mass is 19.4. The van der Waals surface area contributed by atoms with E-state index in [1.807, 2.05) is 24.3 Å². The molecule has 2 aromatic carbocycles. The van der Waals surface area contributed by atoms with Crippen molar-refractivity contribution < 1.29 is 32.2 Å². The molecule has 1 aliphatic rings. The van der Waals surface area contributed by atoms with E-state index < -0.39 is 23.9 Å². The van der Waals surface area contributed by atoms with E-state index in [9.17, 15) is 22.8 Å². The molecule has 3 N–H and O–H groups in total. The predicted molar refractivity (Wildman–Crippen MR) is 133 cm³/mol. The number of halogens is 3. The van der Waals surface area contributed by atoms with E-state index in [4.69, 9.17) is 4.74 Å². The Balaban J connectivity index is 1.64. The van der Waals surface area contributed by atoms with Crippen LogP contribution >= 0.6 is 0 Å². The molecule has 0 radical (unpaired) electrons. The van der Waals surface area contributed by atoms with E-state index in [1.165, 1.54) is 27.2 Å². The van der Waals surface area contributed by atoms with Crippen molar-refractivity contribution in [1.29, 1.82) is 0 Å². The van der Waals surface area contributed by atoms with Gasteiger partial charge in [0.1, 0.15) is 5.75 Å². The molecule has 0 spiro atoms. The second kappa shape index (κ2) is 11.0. The lowest BCUT2D eigenvalue weighted by molar-refractivity contribution is -0.138. The largest absolute Gasteiger partial charge is 0.494 e. The summed E-state index contributed by atoms with van der Waals surface area (Å²) in [6.07, 6.45) is -4.13. The van der Waals surface area contributed by atoms with E-state index in [-0.39, 0.29) is 29.9 Å². The fourth-order valence-corrected chi connectivity index (χ4v) is 4.56. The zero-order valence-corrected chi connectivity index (χ0v) is 20.8. The third-order valence-corrected chi connectivity index (χ3v) is 6.21. The fourth-order valence-electron chi connectivity index (χ4n) is 4.56. The number of alkyl halides is 3. The van der Waals surface area contributed by atoms with Gasteiger partial charge in [-0.25, -0.2) is 14.8 Å². The van der Waals surface area contributed by atoms with E-state index in [0.29, 0.717) is 23.5 Å². The van der Waals surface area contributed by atoms with Gasteiger partial charge in [0.05, 0.1) is 37.2 Å². The van der Waals surface area contributed by atoms with Gasteiger partial charge in [0.15, 0.2) is 0 Å². The van der Waals surface area contributed by atoms with Crippen molar-refractivity contribution >= 4 is 29.3 Å². The van der Waals surface area contributed by atoms with Gasteiger partial charge in [-0.3, -0.25) is 10.1 Å². The number of benzene rings is 2. The van der Waals surface area contributed by atoms with Gasteiger partial charge >= 0.3 is 12.3 Å². The SMILES string of the molecule is COC(=O)Nc1ccc(Nc2ncc(C(F)(F)F)c(C[C@@H]3Cc4ccccc4[C@H]3NC(C)=O)n2)c(OC)c1. The Bertz CT molecular complexity index is 1350. The highest BCUT2D eigenvalue weighted by Gasteiger charge is 2.39. The number of hydrogen-bond donors (Lipinski definition) is 3. The maximum absolute atomic E-state index is 13.9. The van der Waals surface area contributed by atoms with Crippen LogP contribution in [0, 0.1) is 5.92 Å². The Morgan fingerprint density at radius 2 is 1.89 bits per heavy atom. The summed E-state index contributed by atoms with van der Waals surface area (Å²) in [6, 6.07) is 11.7. The summed E-state index contributed by atoms with van der Waals surface area (Å²) in [5.41, 5.74) is 1.49. The molecule has 3 aromatic rings. The minimum Gasteiger partial charge on any atom is -0.494 e. The Kier molecular flexibility index (Phi) is 7.70. The number of amides is 2. The van der Waals surface area contributed by atoms with Gasteiger partial charge in [-0.05, 0) is 42.0 Å². The van der Waals surface area contributed by atoms with Crippen LogP contribution in [0.25, 0.3) is 0 Å². The van der Waals surface area contributed by atoms with Crippen LogP contribution in [-0.2, 0) is 28.5 Å². The van der Waals surface area contributed by atoms with Crippen molar-refractivity contribution in [1.82, 2.24) is 15.3 Å². The Hall–Kier alpha value is -4.35. The molecule has 12 heteroatoms. The molecule has 2 atom stereocenters. The second-order valence-corrected chi connectivity index (χ2v) is 8.75. The summed E-state index contributed by atoms with van der Waals surface area (Å²) in [5, 5.41) is 8.28. The van der Waals surface area contributed by atoms with Gasteiger partial charge in [0.25, 0.3) is 0 Å². The van der Waals surface area contributed by atoms with Gasteiger partial charge in [-0.2, -0.15) is 13.2 Å². The monoisotopic (exact) mass is 529 g/mol. The number of methoxy groups -OCH3 is 2. The summed E-state index contributed by atoms with van der Waals surface area (Å²) in [6.45, 7) is 1.38. The van der Waals surface area contributed by atoms with E-state index in [1.54, 1.807) is 12.1 Å². The first-order valence-corrected chi connectivity index (χ1v) is 11.7. The van der Waals surface area contributed by atoms with Crippen LogP contribution in [0.4, 0.5) is 35.3 Å². The smallest absolute Gasteiger partial charge is 0.419 e. The van der Waals surface area contributed by atoms with Gasteiger partial charge in [-0.15, -0.1) is 0 Å². The lowest BCUT2D eigenvalue weighted by atomic mass is 9.93. The lowest BCUT2D eigenvalue weighted by Crippen LogP contribution is -2.31. The fraction of sp³-hybridized carbons (Fsp3) is 0.308. The summed E-state index contributed by atoms with van der Waals surface area (Å²) in [7, 11) is 2.63. The number of fused-ring (bicyclic) bond motifs is 1. The molecule has 4 rings (SSSR count). The zero-order chi connectivity index (χ0) is 27.4. The number of ether oxygens (including phenoxy) is 2. The van der Waals surface area contributed by atoms with Crippen molar-refractivity contribution in [3.63, 3.8) is 0 Å². The van der Waals surface area contributed by atoms with Crippen molar-refractivity contribution in [3.05, 3.63) is 71.0 Å². The molecular weight excluding hydrogens is 503 g/mol. The number of nitrogens with one attached hydrogen (secondary N) is 3. The summed E-state index contributed by atoms with van der Waals surface area (Å²) >= 11 is 0. The Labute approximate surface area is 216 Å². The first-order chi connectivity index (χ1) is 18.1. The van der Waals surface area contributed by atoms with Crippen molar-refractivity contribution in [2.75, 3.05) is 24.9 Å². The summed E-state index contributed by atoms with van der Waals surface area (Å²) in [4.78, 5) is 31.5. The highest BCUT2D eigenvalue weighted by molar-refractivity contribution is 5.85. The lowest BCUT2D eigenvalue weighted by Gasteiger charge is -2.23. The Morgan fingerprint density at radius 3 is 2.58 bits per heavy atom. The zero-order valence-electron chi connectivity index (χ0n) is 20.8. The van der Waals surface area contributed by atoms with Crippen LogP contribution in [0.15, 0.2) is 48.7 Å². The first-order valence-electron chi connectivity index (χ1n) is 11.7. The molecule has 1 aliphatic carbocycles. The van der Waals surface area contributed by atoms with E-state index >= 15 is 0 Å². The van der Waals surface area contributed by atoms with Crippen LogP contribution in [-0.4, -0.2) is 36.2 Å². The number of carbonyl (C=O) groups is 2. The van der Waals surface area contributed by atoms with Crippen LogP contribution in [0.5, 0.6) is 5.75 Å². The number of aromatic nitrogens is 2. The molecule has 0 aliphatic heterocycles. The molecule has 1 heterocycles. The van der Waals surface area contributed by atoms with Crippen LogP contribution in [0.2, 0.25) is 0 Å². The third kappa shape index (κ3) is 5.96. The third-order valence-electron chi connectivity index (χ3n) is 6.21. The average molecular weight is 530 g/mol. The molecule has 0 bridgehead atoms. The van der Waals surface area contributed by atoms with E-state index in [2.05, 4.69) is 30.7 Å². The number of nitrogens with zero attached hydrogens (tertiary/aromatic N) is 2. The van der Waals surface area contributed by atoms with Crippen LogP contribution < -0.4 is 20.7 Å². The van der Waals surface area contributed by atoms with E-state index in [0.717, 1.165) is 17.3 Å². The van der Waals surface area contributed by atoms with Gasteiger partial charge in [-0.1, -0.05) is 24.3 Å². The van der Waals surface area contributed by atoms with Gasteiger partial charge < -0.3 is 20.1 Å². The number of rotatable bonds is 7. The highest BCUT2D eigenvalue weighted by Crippen LogP contribution is 2.40. The molecule has 0 fully saturated rings. The molecule has 2 amide bonds. The quantitative estimate of drug-likeness (QED) is 0.394. The summed E-state index contributed by atoms with van der Waals surface area (Å²) < 4.78 is 51.7. The maximum Gasteiger partial charge on any atom is 0.419 e. The molecule has 38 heavy (non-hydrogen) atoms. The van der Waals surface area contributed by atoms with Crippen LogP contribution in [0.3, 0.4) is 0 Å². The standard InChI is InChI=1S/C26H26F3N5O4/c1-14(35)31-23-16(10-15-6-4-5-7-18(15)23)11-21-19(26(27,28)29)13-30-24(34-21)33-20-9-8-17(12-22(20)37-2)32-25(36)38-3/h4-9,12-13,16,23H,10-11H2,1-3H3,(H,31,35)(H,32,36)(H,30,33,34)/t16-,23-/m0/s1. The Morgan fingerprint density at radius 1 is 1.13 bits per heavy atom. The molecule has 0 unspecified atom stereocenters. The number of anilines is 3. The van der Waals surface area contributed by atoms with Crippen molar-refractivity contribution in [3.8, 4) is 5.75 Å².